The Balaban J connectivity index is 2.89. The maximum absolute atomic E-state index is 5.22. The Morgan fingerprint density at radius 1 is 1.18 bits per heavy atom. The Kier molecular flexibility index (Phi) is 8.41. The minimum absolute atomic E-state index is 0.594. The van der Waals surface area contributed by atoms with E-state index in [-0.39, 0.29) is 0 Å². The molecule has 0 aromatic carbocycles. The van der Waals surface area contributed by atoms with Crippen molar-refractivity contribution in [3.63, 3.8) is 0 Å². The van der Waals surface area contributed by atoms with Crippen LogP contribution < -0.4 is 0 Å². The molecule has 0 aromatic heterocycles. The molecule has 1 atom stereocenters. The van der Waals surface area contributed by atoms with E-state index in [0.717, 1.165) is 0 Å². The Labute approximate surface area is 73.9 Å². The second-order valence-corrected chi connectivity index (χ2v) is 4.54. The normalized spacial score (nSPS) is 13.6. The average Bonchev–Trinajstić information content (AvgIpc) is 2.04. The highest BCUT2D eigenvalue weighted by Gasteiger charge is 1.97. The SMILES string of the molecule is CCCCCCCC([SiH3])OC. The summed E-state index contributed by atoms with van der Waals surface area (Å²) in [4.78, 5) is 0. The molecule has 0 spiro atoms. The monoisotopic (exact) mass is 174 g/mol. The number of hydrogen-bond acceptors (Lipinski definition) is 1. The van der Waals surface area contributed by atoms with Gasteiger partial charge in [-0.1, -0.05) is 39.0 Å². The lowest BCUT2D eigenvalue weighted by Crippen LogP contribution is -2.08. The lowest BCUT2D eigenvalue weighted by molar-refractivity contribution is 0.156. The largest absolute Gasteiger partial charge is 0.386 e. The van der Waals surface area contributed by atoms with Crippen LogP contribution in [-0.2, 0) is 4.74 Å². The Bertz CT molecular complexity index is 76.0. The summed E-state index contributed by atoms with van der Waals surface area (Å²) in [6.07, 6.45) is 8.20. The van der Waals surface area contributed by atoms with Crippen molar-refractivity contribution < 1.29 is 4.74 Å². The zero-order valence-corrected chi connectivity index (χ0v) is 10.2. The van der Waals surface area contributed by atoms with Crippen molar-refractivity contribution >= 4 is 10.2 Å². The molecule has 0 aliphatic rings. The van der Waals surface area contributed by atoms with E-state index in [0.29, 0.717) is 5.73 Å². The lowest BCUT2D eigenvalue weighted by atomic mass is 10.1. The first-order chi connectivity index (χ1) is 5.31. The van der Waals surface area contributed by atoms with Crippen molar-refractivity contribution in [2.24, 2.45) is 0 Å². The van der Waals surface area contributed by atoms with E-state index in [1.165, 1.54) is 48.8 Å². The summed E-state index contributed by atoms with van der Waals surface area (Å²) in [7, 11) is 3.01. The topological polar surface area (TPSA) is 9.23 Å². The highest BCUT2D eigenvalue weighted by molar-refractivity contribution is 6.10. The zero-order chi connectivity index (χ0) is 8.53. The van der Waals surface area contributed by atoms with Gasteiger partial charge in [0.15, 0.2) is 0 Å². The van der Waals surface area contributed by atoms with Crippen LogP contribution in [0.15, 0.2) is 0 Å². The number of unbranched alkanes of at least 4 members (excludes halogenated alkanes) is 4. The molecule has 0 aliphatic heterocycles. The molecular weight excluding hydrogens is 152 g/mol. The Morgan fingerprint density at radius 3 is 2.36 bits per heavy atom. The van der Waals surface area contributed by atoms with Crippen LogP contribution in [0.4, 0.5) is 0 Å². The van der Waals surface area contributed by atoms with Crippen molar-refractivity contribution in [3.8, 4) is 0 Å². The molecule has 11 heavy (non-hydrogen) atoms. The van der Waals surface area contributed by atoms with Crippen LogP contribution in [0.1, 0.15) is 45.4 Å². The number of hydrogen-bond donors (Lipinski definition) is 0. The predicted molar refractivity (Wildman–Crippen MR) is 54.1 cm³/mol. The molecule has 2 heteroatoms. The van der Waals surface area contributed by atoms with E-state index in [1.54, 1.807) is 0 Å². The molecule has 0 fully saturated rings. The molecule has 0 N–H and O–H groups in total. The first kappa shape index (κ1) is 11.2. The molecule has 0 heterocycles. The van der Waals surface area contributed by atoms with E-state index in [9.17, 15) is 0 Å². The second-order valence-electron chi connectivity index (χ2n) is 3.25. The molecule has 0 aromatic rings. The standard InChI is InChI=1S/C9H22OSi/c1-3-4-5-6-7-8-9(11)10-2/h9H,3-8H2,1-2,11H3. The number of methoxy groups -OCH3 is 1. The molecule has 0 aliphatic carbocycles. The van der Waals surface area contributed by atoms with E-state index >= 15 is 0 Å². The van der Waals surface area contributed by atoms with Gasteiger partial charge in [-0.3, -0.25) is 0 Å². The fraction of sp³-hybridized carbons (Fsp3) is 1.00. The molecule has 0 saturated carbocycles. The van der Waals surface area contributed by atoms with Crippen LogP contribution in [0, 0.1) is 0 Å². The van der Waals surface area contributed by atoms with Gasteiger partial charge in [-0.2, -0.15) is 0 Å². The van der Waals surface area contributed by atoms with Gasteiger partial charge in [-0.15, -0.1) is 0 Å². The van der Waals surface area contributed by atoms with Gasteiger partial charge in [0.1, 0.15) is 0 Å². The minimum Gasteiger partial charge on any atom is -0.386 e. The maximum atomic E-state index is 5.22. The summed E-state index contributed by atoms with van der Waals surface area (Å²) in [5, 5.41) is 0. The first-order valence-corrected chi connectivity index (χ1v) is 5.99. The summed E-state index contributed by atoms with van der Waals surface area (Å²) in [6, 6.07) is 0. The summed E-state index contributed by atoms with van der Waals surface area (Å²) in [5.74, 6) is 0. The van der Waals surface area contributed by atoms with E-state index in [4.69, 9.17) is 4.74 Å². The smallest absolute Gasteiger partial charge is 0.0392 e. The number of ether oxygens (including phenoxy) is 1. The predicted octanol–water partition coefficient (Wildman–Crippen LogP) is 1.68. The van der Waals surface area contributed by atoms with Gasteiger partial charge in [0.05, 0.1) is 0 Å². The maximum Gasteiger partial charge on any atom is 0.0392 e. The zero-order valence-electron chi connectivity index (χ0n) is 8.23. The summed E-state index contributed by atoms with van der Waals surface area (Å²) in [6.45, 7) is 2.25. The van der Waals surface area contributed by atoms with Crippen LogP contribution in [0.5, 0.6) is 0 Å². The van der Waals surface area contributed by atoms with Crippen molar-refractivity contribution in [1.29, 1.82) is 0 Å². The fourth-order valence-electron chi connectivity index (χ4n) is 1.15. The molecular formula is C9H22OSi. The molecule has 1 nitrogen and oxygen atoms in total. The van der Waals surface area contributed by atoms with Crippen LogP contribution in [0.2, 0.25) is 0 Å². The second kappa shape index (κ2) is 8.28. The number of rotatable bonds is 7. The third-order valence-corrected chi connectivity index (χ3v) is 3.17. The molecule has 0 bridgehead atoms. The van der Waals surface area contributed by atoms with Gasteiger partial charge >= 0.3 is 0 Å². The highest BCUT2D eigenvalue weighted by atomic mass is 28.1. The molecule has 0 rings (SSSR count). The van der Waals surface area contributed by atoms with Gasteiger partial charge in [-0.05, 0) is 6.42 Å². The summed E-state index contributed by atoms with van der Waals surface area (Å²) < 4.78 is 5.22. The fourth-order valence-corrected chi connectivity index (χ4v) is 1.56. The summed E-state index contributed by atoms with van der Waals surface area (Å²) in [5.41, 5.74) is 0.594. The van der Waals surface area contributed by atoms with Crippen molar-refractivity contribution in [2.45, 2.75) is 51.2 Å². The van der Waals surface area contributed by atoms with Gasteiger partial charge in [0, 0.05) is 23.1 Å². The summed E-state index contributed by atoms with van der Waals surface area (Å²) >= 11 is 0. The Morgan fingerprint density at radius 2 is 1.82 bits per heavy atom. The average molecular weight is 174 g/mol. The van der Waals surface area contributed by atoms with Crippen molar-refractivity contribution in [2.75, 3.05) is 7.11 Å². The van der Waals surface area contributed by atoms with E-state index < -0.39 is 0 Å². The molecule has 0 radical (unpaired) electrons. The molecule has 0 saturated heterocycles. The first-order valence-electron chi connectivity index (χ1n) is 4.84. The van der Waals surface area contributed by atoms with Gasteiger partial charge < -0.3 is 4.74 Å². The van der Waals surface area contributed by atoms with Gasteiger partial charge in [-0.25, -0.2) is 0 Å². The van der Waals surface area contributed by atoms with Crippen molar-refractivity contribution in [1.82, 2.24) is 0 Å². The van der Waals surface area contributed by atoms with Crippen LogP contribution >= 0.6 is 0 Å². The van der Waals surface area contributed by atoms with Crippen molar-refractivity contribution in [3.05, 3.63) is 0 Å². The molecule has 0 amide bonds. The molecule has 1 unspecified atom stereocenters. The van der Waals surface area contributed by atoms with E-state index in [1.807, 2.05) is 7.11 Å². The Hall–Kier alpha value is 0.177. The third-order valence-electron chi connectivity index (χ3n) is 2.12. The quantitative estimate of drug-likeness (QED) is 0.421. The van der Waals surface area contributed by atoms with Crippen LogP contribution in [0.25, 0.3) is 0 Å². The molecule has 68 valence electrons. The van der Waals surface area contributed by atoms with E-state index in [2.05, 4.69) is 6.92 Å². The van der Waals surface area contributed by atoms with Gasteiger partial charge in [0.25, 0.3) is 0 Å². The minimum atomic E-state index is 0.594. The van der Waals surface area contributed by atoms with Crippen LogP contribution in [-0.4, -0.2) is 23.1 Å². The highest BCUT2D eigenvalue weighted by Crippen LogP contribution is 2.06. The lowest BCUT2D eigenvalue weighted by Gasteiger charge is -2.07. The van der Waals surface area contributed by atoms with Crippen LogP contribution in [0.3, 0.4) is 0 Å². The van der Waals surface area contributed by atoms with Gasteiger partial charge in [0.2, 0.25) is 0 Å². The third kappa shape index (κ3) is 8.08.